The fourth-order valence-electron chi connectivity index (χ4n) is 4.59. The number of fused-ring (bicyclic) bond motifs is 1. The molecule has 1 saturated heterocycles. The Morgan fingerprint density at radius 3 is 2.70 bits per heavy atom. The average Bonchev–Trinajstić information content (AvgIpc) is 3.00. The lowest BCUT2D eigenvalue weighted by Gasteiger charge is -2.35. The molecule has 1 aliphatic carbocycles. The van der Waals surface area contributed by atoms with E-state index in [1.807, 2.05) is 13.0 Å². The van der Waals surface area contributed by atoms with E-state index in [1.54, 1.807) is 7.11 Å². The number of rotatable bonds is 7. The molecule has 0 aromatic heterocycles. The normalized spacial score (nSPS) is 28.0. The number of carbonyl (C=O) groups excluding carboxylic acids is 1. The average molecular weight is 376 g/mol. The lowest BCUT2D eigenvalue weighted by atomic mass is 9.77. The maximum atomic E-state index is 11.4. The first-order valence-corrected chi connectivity index (χ1v) is 9.91. The summed E-state index contributed by atoms with van der Waals surface area (Å²) < 4.78 is 11.0. The summed E-state index contributed by atoms with van der Waals surface area (Å²) in [5.41, 5.74) is 2.33. The highest BCUT2D eigenvalue weighted by Gasteiger charge is 2.41. The Labute approximate surface area is 161 Å². The van der Waals surface area contributed by atoms with Crippen LogP contribution in [0.1, 0.15) is 37.8 Å². The number of hydrogen-bond donors (Lipinski definition) is 2. The number of amides is 1. The molecule has 150 valence electrons. The van der Waals surface area contributed by atoms with E-state index >= 15 is 0 Å². The Bertz CT molecular complexity index is 651. The zero-order valence-corrected chi connectivity index (χ0v) is 16.6. The fourth-order valence-corrected chi connectivity index (χ4v) is 4.59. The molecule has 0 spiro atoms. The first-order valence-electron chi connectivity index (χ1n) is 9.91. The summed E-state index contributed by atoms with van der Waals surface area (Å²) in [5, 5.41) is 13.3. The van der Waals surface area contributed by atoms with Crippen LogP contribution in [0.25, 0.3) is 0 Å². The minimum atomic E-state index is -0.436. The van der Waals surface area contributed by atoms with Gasteiger partial charge in [-0.3, -0.25) is 9.69 Å². The number of ether oxygens (including phenoxy) is 2. The third-order valence-corrected chi connectivity index (χ3v) is 5.82. The summed E-state index contributed by atoms with van der Waals surface area (Å²) in [6.45, 7) is 7.65. The van der Waals surface area contributed by atoms with Crippen LogP contribution in [0.2, 0.25) is 0 Å². The zero-order chi connectivity index (χ0) is 19.4. The molecule has 1 aliphatic heterocycles. The Morgan fingerprint density at radius 1 is 1.30 bits per heavy atom. The van der Waals surface area contributed by atoms with E-state index in [-0.39, 0.29) is 11.9 Å². The van der Waals surface area contributed by atoms with Gasteiger partial charge in [-0.25, -0.2) is 0 Å². The van der Waals surface area contributed by atoms with E-state index in [9.17, 15) is 9.90 Å². The highest BCUT2D eigenvalue weighted by atomic mass is 16.5. The molecule has 0 unspecified atom stereocenters. The molecule has 1 saturated carbocycles. The van der Waals surface area contributed by atoms with Gasteiger partial charge in [0.1, 0.15) is 5.75 Å². The number of aliphatic hydroxyl groups is 1. The molecule has 2 fully saturated rings. The second-order valence-electron chi connectivity index (χ2n) is 7.84. The zero-order valence-electron chi connectivity index (χ0n) is 16.6. The predicted molar refractivity (Wildman–Crippen MR) is 103 cm³/mol. The van der Waals surface area contributed by atoms with Gasteiger partial charge in [-0.15, -0.1) is 0 Å². The molecule has 1 aromatic carbocycles. The van der Waals surface area contributed by atoms with E-state index in [0.717, 1.165) is 43.8 Å². The number of carbonyl (C=O) groups is 1. The van der Waals surface area contributed by atoms with Crippen molar-refractivity contribution in [2.24, 2.45) is 11.8 Å². The van der Waals surface area contributed by atoms with E-state index in [1.165, 1.54) is 12.5 Å². The Hall–Kier alpha value is -1.63. The predicted octanol–water partition coefficient (Wildman–Crippen LogP) is 1.94. The Morgan fingerprint density at radius 2 is 2.04 bits per heavy atom. The van der Waals surface area contributed by atoms with Crippen LogP contribution in [0.15, 0.2) is 18.2 Å². The highest BCUT2D eigenvalue weighted by Crippen LogP contribution is 2.37. The first kappa shape index (κ1) is 20.1. The molecular formula is C21H32N2O4. The van der Waals surface area contributed by atoms with Crippen molar-refractivity contribution in [2.45, 2.75) is 52.0 Å². The number of benzene rings is 1. The lowest BCUT2D eigenvalue weighted by molar-refractivity contribution is -0.121. The van der Waals surface area contributed by atoms with Crippen molar-refractivity contribution in [3.8, 4) is 5.75 Å². The van der Waals surface area contributed by atoms with Gasteiger partial charge >= 0.3 is 0 Å². The second kappa shape index (κ2) is 9.04. The molecule has 0 radical (unpaired) electrons. The summed E-state index contributed by atoms with van der Waals surface area (Å²) in [6.07, 6.45) is 1.19. The smallest absolute Gasteiger partial charge is 0.217 e. The standard InChI is InChI=1S/C21H32N2O4/c1-4-27-13-18-7-15(5-6-21(18)26-3)10-23-11-16-8-19(22-14(2)24)20(25)9-17(16)12-23/h5-7,16-17,19-20,25H,4,8-13H2,1-3H3,(H,22,24)/t16-,17+,19-,20-/m1/s1. The van der Waals surface area contributed by atoms with Gasteiger partial charge in [0.25, 0.3) is 0 Å². The van der Waals surface area contributed by atoms with Crippen molar-refractivity contribution in [2.75, 3.05) is 26.8 Å². The third-order valence-electron chi connectivity index (χ3n) is 5.82. The summed E-state index contributed by atoms with van der Waals surface area (Å²) in [4.78, 5) is 13.8. The highest BCUT2D eigenvalue weighted by molar-refractivity contribution is 5.73. The molecule has 2 N–H and O–H groups in total. The van der Waals surface area contributed by atoms with Crippen molar-refractivity contribution < 1.29 is 19.4 Å². The topological polar surface area (TPSA) is 71.0 Å². The molecular weight excluding hydrogens is 344 g/mol. The second-order valence-corrected chi connectivity index (χ2v) is 7.84. The van der Waals surface area contributed by atoms with Gasteiger partial charge in [-0.1, -0.05) is 6.07 Å². The number of aliphatic hydroxyl groups excluding tert-OH is 1. The van der Waals surface area contributed by atoms with Gasteiger partial charge in [-0.2, -0.15) is 0 Å². The fraction of sp³-hybridized carbons (Fsp3) is 0.667. The Kier molecular flexibility index (Phi) is 6.73. The molecule has 6 heteroatoms. The molecule has 27 heavy (non-hydrogen) atoms. The van der Waals surface area contributed by atoms with Crippen LogP contribution in [-0.2, 0) is 22.7 Å². The van der Waals surface area contributed by atoms with Gasteiger partial charge in [0.15, 0.2) is 0 Å². The number of nitrogens with one attached hydrogen (secondary N) is 1. The number of hydrogen-bond acceptors (Lipinski definition) is 5. The summed E-state index contributed by atoms with van der Waals surface area (Å²) in [7, 11) is 1.69. The van der Waals surface area contributed by atoms with Crippen LogP contribution in [0.5, 0.6) is 5.75 Å². The quantitative estimate of drug-likeness (QED) is 0.761. The van der Waals surface area contributed by atoms with E-state index in [4.69, 9.17) is 9.47 Å². The molecule has 3 rings (SSSR count). The maximum absolute atomic E-state index is 11.4. The number of likely N-dealkylation sites (tertiary alicyclic amines) is 1. The molecule has 4 atom stereocenters. The van der Waals surface area contributed by atoms with Crippen LogP contribution >= 0.6 is 0 Å². The monoisotopic (exact) mass is 376 g/mol. The van der Waals surface area contributed by atoms with Gasteiger partial charge in [0, 0.05) is 38.7 Å². The number of nitrogens with zero attached hydrogens (tertiary/aromatic N) is 1. The van der Waals surface area contributed by atoms with Crippen LogP contribution in [0.4, 0.5) is 0 Å². The number of methoxy groups -OCH3 is 1. The van der Waals surface area contributed by atoms with Crippen LogP contribution in [0, 0.1) is 11.8 Å². The van der Waals surface area contributed by atoms with Gasteiger partial charge in [0.05, 0.1) is 25.9 Å². The minimum absolute atomic E-state index is 0.0626. The van der Waals surface area contributed by atoms with E-state index < -0.39 is 6.10 Å². The largest absolute Gasteiger partial charge is 0.496 e. The molecule has 1 heterocycles. The molecule has 1 amide bonds. The third kappa shape index (κ3) is 5.00. The molecule has 2 aliphatic rings. The van der Waals surface area contributed by atoms with Crippen molar-refractivity contribution >= 4 is 5.91 Å². The van der Waals surface area contributed by atoms with Gasteiger partial charge in [0.2, 0.25) is 5.91 Å². The van der Waals surface area contributed by atoms with Crippen molar-refractivity contribution in [1.29, 1.82) is 0 Å². The van der Waals surface area contributed by atoms with E-state index in [0.29, 0.717) is 25.0 Å². The van der Waals surface area contributed by atoms with Gasteiger partial charge < -0.3 is 19.9 Å². The van der Waals surface area contributed by atoms with Gasteiger partial charge in [-0.05, 0) is 49.3 Å². The van der Waals surface area contributed by atoms with Crippen molar-refractivity contribution in [1.82, 2.24) is 10.2 Å². The molecule has 6 nitrogen and oxygen atoms in total. The van der Waals surface area contributed by atoms with E-state index in [2.05, 4.69) is 22.3 Å². The summed E-state index contributed by atoms with van der Waals surface area (Å²) >= 11 is 0. The first-order chi connectivity index (χ1) is 13.0. The van der Waals surface area contributed by atoms with Crippen LogP contribution in [-0.4, -0.2) is 54.9 Å². The van der Waals surface area contributed by atoms with Crippen LogP contribution in [0.3, 0.4) is 0 Å². The maximum Gasteiger partial charge on any atom is 0.217 e. The van der Waals surface area contributed by atoms with Crippen LogP contribution < -0.4 is 10.1 Å². The van der Waals surface area contributed by atoms with Crippen molar-refractivity contribution in [3.63, 3.8) is 0 Å². The van der Waals surface area contributed by atoms with Crippen molar-refractivity contribution in [3.05, 3.63) is 29.3 Å². The lowest BCUT2D eigenvalue weighted by Crippen LogP contribution is -2.48. The molecule has 0 bridgehead atoms. The molecule has 1 aromatic rings. The SMILES string of the molecule is CCOCc1cc(CN2C[C@H]3C[C@@H](NC(C)=O)[C@H](O)C[C@H]3C2)ccc1OC. The summed E-state index contributed by atoms with van der Waals surface area (Å²) in [6, 6.07) is 6.20. The minimum Gasteiger partial charge on any atom is -0.496 e. The summed E-state index contributed by atoms with van der Waals surface area (Å²) in [5.74, 6) is 1.84. The Balaban J connectivity index is 1.62.